The van der Waals surface area contributed by atoms with E-state index in [4.69, 9.17) is 0 Å². The third kappa shape index (κ3) is 4.60. The molecule has 5 nitrogen and oxygen atoms in total. The lowest BCUT2D eigenvalue weighted by molar-refractivity contribution is -0.118. The van der Waals surface area contributed by atoms with E-state index in [-0.39, 0.29) is 11.8 Å². The maximum atomic E-state index is 12.9. The van der Waals surface area contributed by atoms with Crippen LogP contribution in [0, 0.1) is 11.7 Å². The zero-order valence-corrected chi connectivity index (χ0v) is 12.9. The molecule has 0 saturated heterocycles. The topological polar surface area (TPSA) is 71.1 Å². The number of halogens is 1. The molecule has 0 fully saturated rings. The molecule has 0 aliphatic heterocycles. The van der Waals surface area contributed by atoms with E-state index < -0.39 is 17.8 Å². The first-order valence-electron chi connectivity index (χ1n) is 7.24. The molecule has 1 atom stereocenters. The summed E-state index contributed by atoms with van der Waals surface area (Å²) in [6.45, 7) is 3.67. The fourth-order valence-electron chi connectivity index (χ4n) is 2.02. The van der Waals surface area contributed by atoms with Crippen LogP contribution in [0.15, 0.2) is 48.8 Å². The highest BCUT2D eigenvalue weighted by atomic mass is 19.1. The van der Waals surface area contributed by atoms with Gasteiger partial charge in [0.1, 0.15) is 11.9 Å². The van der Waals surface area contributed by atoms with Crippen LogP contribution in [-0.4, -0.2) is 22.8 Å². The van der Waals surface area contributed by atoms with Crippen molar-refractivity contribution in [3.05, 3.63) is 60.2 Å². The smallest absolute Gasteiger partial charge is 0.251 e. The number of benzene rings is 1. The lowest BCUT2D eigenvalue weighted by Crippen LogP contribution is -2.47. The van der Waals surface area contributed by atoms with Gasteiger partial charge in [0, 0.05) is 23.6 Å². The van der Waals surface area contributed by atoms with Crippen molar-refractivity contribution >= 4 is 17.5 Å². The molecule has 0 saturated carbocycles. The molecule has 1 heterocycles. The summed E-state index contributed by atoms with van der Waals surface area (Å²) >= 11 is 0. The molecular formula is C17H18FN3O2. The van der Waals surface area contributed by atoms with Gasteiger partial charge in [-0.1, -0.05) is 13.8 Å². The standard InChI is InChI=1S/C17H18FN3O2/c1-11(2)15(17(23)20-14-7-9-19-10-8-14)21-16(22)12-3-5-13(18)6-4-12/h3-11,15H,1-2H3,(H,21,22)(H,19,20,23)/t15-/m1/s1. The van der Waals surface area contributed by atoms with Gasteiger partial charge in [-0.2, -0.15) is 0 Å². The van der Waals surface area contributed by atoms with Gasteiger partial charge in [-0.25, -0.2) is 4.39 Å². The number of nitrogens with one attached hydrogen (secondary N) is 2. The maximum absolute atomic E-state index is 12.9. The van der Waals surface area contributed by atoms with Gasteiger partial charge in [0.25, 0.3) is 5.91 Å². The van der Waals surface area contributed by atoms with Crippen molar-refractivity contribution in [1.82, 2.24) is 10.3 Å². The second-order valence-corrected chi connectivity index (χ2v) is 5.43. The Kier molecular flexibility index (Phi) is 5.41. The lowest BCUT2D eigenvalue weighted by Gasteiger charge is -2.21. The van der Waals surface area contributed by atoms with Gasteiger partial charge >= 0.3 is 0 Å². The molecule has 23 heavy (non-hydrogen) atoms. The predicted octanol–water partition coefficient (Wildman–Crippen LogP) is 2.61. The highest BCUT2D eigenvalue weighted by molar-refractivity contribution is 6.01. The first kappa shape index (κ1) is 16.6. The largest absolute Gasteiger partial charge is 0.340 e. The second kappa shape index (κ2) is 7.49. The van der Waals surface area contributed by atoms with E-state index in [1.165, 1.54) is 24.3 Å². The first-order valence-corrected chi connectivity index (χ1v) is 7.24. The van der Waals surface area contributed by atoms with Gasteiger partial charge in [0.2, 0.25) is 5.91 Å². The number of amides is 2. The molecule has 6 heteroatoms. The summed E-state index contributed by atoms with van der Waals surface area (Å²) in [5.74, 6) is -1.27. The minimum absolute atomic E-state index is 0.110. The lowest BCUT2D eigenvalue weighted by atomic mass is 10.0. The van der Waals surface area contributed by atoms with Crippen molar-refractivity contribution in [2.24, 2.45) is 5.92 Å². The van der Waals surface area contributed by atoms with E-state index in [2.05, 4.69) is 15.6 Å². The van der Waals surface area contributed by atoms with Crippen LogP contribution >= 0.6 is 0 Å². The van der Waals surface area contributed by atoms with Crippen LogP contribution in [0.3, 0.4) is 0 Å². The molecule has 0 unspecified atom stereocenters. The van der Waals surface area contributed by atoms with Crippen LogP contribution in [0.25, 0.3) is 0 Å². The van der Waals surface area contributed by atoms with E-state index in [1.54, 1.807) is 24.5 Å². The number of anilines is 1. The summed E-state index contributed by atoms with van der Waals surface area (Å²) in [5, 5.41) is 5.42. The maximum Gasteiger partial charge on any atom is 0.251 e. The quantitative estimate of drug-likeness (QED) is 0.891. The molecule has 1 aromatic heterocycles. The number of carbonyl (C=O) groups excluding carboxylic acids is 2. The molecular weight excluding hydrogens is 297 g/mol. The Hall–Kier alpha value is -2.76. The number of carbonyl (C=O) groups is 2. The minimum Gasteiger partial charge on any atom is -0.340 e. The SMILES string of the molecule is CC(C)[C@@H](NC(=O)c1ccc(F)cc1)C(=O)Nc1ccncc1. The van der Waals surface area contributed by atoms with Gasteiger partial charge in [0.05, 0.1) is 0 Å². The number of hydrogen-bond acceptors (Lipinski definition) is 3. The molecule has 2 amide bonds. The number of hydrogen-bond donors (Lipinski definition) is 2. The van der Waals surface area contributed by atoms with Crippen molar-refractivity contribution in [2.75, 3.05) is 5.32 Å². The molecule has 2 N–H and O–H groups in total. The summed E-state index contributed by atoms with van der Waals surface area (Å²) in [5.41, 5.74) is 0.903. The zero-order chi connectivity index (χ0) is 16.8. The van der Waals surface area contributed by atoms with Crippen molar-refractivity contribution in [1.29, 1.82) is 0 Å². The Morgan fingerprint density at radius 3 is 2.22 bits per heavy atom. The zero-order valence-electron chi connectivity index (χ0n) is 12.9. The van der Waals surface area contributed by atoms with Crippen LogP contribution in [0.5, 0.6) is 0 Å². The van der Waals surface area contributed by atoms with Crippen molar-refractivity contribution in [3.63, 3.8) is 0 Å². The van der Waals surface area contributed by atoms with Crippen molar-refractivity contribution < 1.29 is 14.0 Å². The van der Waals surface area contributed by atoms with Crippen molar-refractivity contribution in [3.8, 4) is 0 Å². The van der Waals surface area contributed by atoms with Gasteiger partial charge in [0.15, 0.2) is 0 Å². The van der Waals surface area contributed by atoms with E-state index >= 15 is 0 Å². The van der Waals surface area contributed by atoms with Crippen molar-refractivity contribution in [2.45, 2.75) is 19.9 Å². The fourth-order valence-corrected chi connectivity index (χ4v) is 2.02. The minimum atomic E-state index is -0.708. The van der Waals surface area contributed by atoms with Crippen LogP contribution in [-0.2, 0) is 4.79 Å². The third-order valence-electron chi connectivity index (χ3n) is 3.29. The van der Waals surface area contributed by atoms with Crippen LogP contribution < -0.4 is 10.6 Å². The average molecular weight is 315 g/mol. The molecule has 2 rings (SSSR count). The number of pyridine rings is 1. The highest BCUT2D eigenvalue weighted by Gasteiger charge is 2.24. The number of nitrogens with zero attached hydrogens (tertiary/aromatic N) is 1. The van der Waals surface area contributed by atoms with Gasteiger partial charge in [-0.3, -0.25) is 14.6 Å². The molecule has 120 valence electrons. The highest BCUT2D eigenvalue weighted by Crippen LogP contribution is 2.10. The molecule has 0 aliphatic carbocycles. The molecule has 0 bridgehead atoms. The first-order chi connectivity index (χ1) is 11.0. The fraction of sp³-hybridized carbons (Fsp3) is 0.235. The molecule has 0 aliphatic rings. The molecule has 2 aromatic rings. The van der Waals surface area contributed by atoms with Crippen LogP contribution in [0.4, 0.5) is 10.1 Å². The van der Waals surface area contributed by atoms with E-state index in [0.29, 0.717) is 11.3 Å². The molecule has 0 radical (unpaired) electrons. The summed E-state index contributed by atoms with van der Waals surface area (Å²) < 4.78 is 12.9. The summed E-state index contributed by atoms with van der Waals surface area (Å²) in [4.78, 5) is 28.4. The summed E-state index contributed by atoms with van der Waals surface area (Å²) in [6, 6.07) is 7.78. The third-order valence-corrected chi connectivity index (χ3v) is 3.29. The van der Waals surface area contributed by atoms with E-state index in [1.807, 2.05) is 13.8 Å². The van der Waals surface area contributed by atoms with Gasteiger partial charge < -0.3 is 10.6 Å². The Balaban J connectivity index is 2.07. The second-order valence-electron chi connectivity index (χ2n) is 5.43. The van der Waals surface area contributed by atoms with Gasteiger partial charge in [-0.05, 0) is 42.3 Å². The summed E-state index contributed by atoms with van der Waals surface area (Å²) in [7, 11) is 0. The molecule has 1 aromatic carbocycles. The average Bonchev–Trinajstić information content (AvgIpc) is 2.53. The molecule has 0 spiro atoms. The summed E-state index contributed by atoms with van der Waals surface area (Å²) in [6.07, 6.45) is 3.13. The Morgan fingerprint density at radius 2 is 1.65 bits per heavy atom. The Morgan fingerprint density at radius 1 is 1.04 bits per heavy atom. The van der Waals surface area contributed by atoms with Crippen LogP contribution in [0.2, 0.25) is 0 Å². The number of aromatic nitrogens is 1. The predicted molar refractivity (Wildman–Crippen MR) is 85.4 cm³/mol. The normalized spacial score (nSPS) is 11.8. The Bertz CT molecular complexity index is 672. The van der Waals surface area contributed by atoms with E-state index in [0.717, 1.165) is 0 Å². The number of rotatable bonds is 5. The van der Waals surface area contributed by atoms with E-state index in [9.17, 15) is 14.0 Å². The van der Waals surface area contributed by atoms with Gasteiger partial charge in [-0.15, -0.1) is 0 Å². The Labute approximate surface area is 133 Å². The monoisotopic (exact) mass is 315 g/mol. The van der Waals surface area contributed by atoms with Crippen LogP contribution in [0.1, 0.15) is 24.2 Å².